The van der Waals surface area contributed by atoms with E-state index < -0.39 is 5.41 Å². The number of nitrogens with one attached hydrogen (secondary N) is 2. The monoisotopic (exact) mass is 428 g/mol. The van der Waals surface area contributed by atoms with Crippen molar-refractivity contribution in [2.45, 2.75) is 18.3 Å². The lowest BCUT2D eigenvalue weighted by Crippen LogP contribution is -2.35. The van der Waals surface area contributed by atoms with E-state index in [-0.39, 0.29) is 5.91 Å². The Bertz CT molecular complexity index is 1510. The maximum absolute atomic E-state index is 12.9. The number of hydrogen-bond donors (Lipinski definition) is 2. The number of carbonyl (C=O) groups is 1. The van der Waals surface area contributed by atoms with Gasteiger partial charge in [0.1, 0.15) is 11.6 Å². The van der Waals surface area contributed by atoms with E-state index in [1.807, 2.05) is 18.2 Å². The summed E-state index contributed by atoms with van der Waals surface area (Å²) >= 11 is 0. The predicted octanol–water partition coefficient (Wildman–Crippen LogP) is 5.28. The zero-order chi connectivity index (χ0) is 22.0. The number of aromatic nitrogens is 3. The van der Waals surface area contributed by atoms with Gasteiger partial charge in [0.15, 0.2) is 0 Å². The molecule has 0 saturated heterocycles. The smallest absolute Gasteiger partial charge is 0.237 e. The van der Waals surface area contributed by atoms with Crippen LogP contribution in [0.3, 0.4) is 0 Å². The third-order valence-electron chi connectivity index (χ3n) is 7.04. The highest BCUT2D eigenvalue weighted by Crippen LogP contribution is 2.47. The fraction of sp³-hybridized carbons (Fsp3) is 0.107. The van der Waals surface area contributed by atoms with Gasteiger partial charge in [-0.25, -0.2) is 9.97 Å². The molecule has 3 heterocycles. The van der Waals surface area contributed by atoms with Crippen molar-refractivity contribution in [2.24, 2.45) is 0 Å². The van der Waals surface area contributed by atoms with E-state index in [9.17, 15) is 4.79 Å². The van der Waals surface area contributed by atoms with Gasteiger partial charge in [-0.2, -0.15) is 0 Å². The maximum Gasteiger partial charge on any atom is 0.237 e. The van der Waals surface area contributed by atoms with Crippen LogP contribution in [-0.4, -0.2) is 20.9 Å². The summed E-state index contributed by atoms with van der Waals surface area (Å²) in [5, 5.41) is 2.97. The van der Waals surface area contributed by atoms with Crippen molar-refractivity contribution < 1.29 is 4.79 Å². The van der Waals surface area contributed by atoms with Crippen LogP contribution < -0.4 is 5.32 Å². The third kappa shape index (κ3) is 2.69. The quantitative estimate of drug-likeness (QED) is 0.402. The number of rotatable bonds is 2. The topological polar surface area (TPSA) is 70.7 Å². The fourth-order valence-corrected chi connectivity index (χ4v) is 5.37. The molecule has 0 bridgehead atoms. The van der Waals surface area contributed by atoms with E-state index in [0.717, 1.165) is 28.0 Å². The Morgan fingerprint density at radius 1 is 0.788 bits per heavy atom. The fourth-order valence-electron chi connectivity index (χ4n) is 5.37. The lowest BCUT2D eigenvalue weighted by Gasteiger charge is -2.20. The van der Waals surface area contributed by atoms with Crippen LogP contribution in [-0.2, 0) is 23.1 Å². The van der Waals surface area contributed by atoms with Gasteiger partial charge in [-0.05, 0) is 53.3 Å². The zero-order valence-corrected chi connectivity index (χ0v) is 17.8. The van der Waals surface area contributed by atoms with E-state index in [1.54, 1.807) is 6.20 Å². The number of H-pyrrole nitrogens is 1. The van der Waals surface area contributed by atoms with Crippen LogP contribution >= 0.6 is 0 Å². The van der Waals surface area contributed by atoms with Gasteiger partial charge in [-0.15, -0.1) is 0 Å². The number of hydrogen-bond acceptors (Lipinski definition) is 3. The molecule has 33 heavy (non-hydrogen) atoms. The molecule has 7 rings (SSSR count). The van der Waals surface area contributed by atoms with Crippen molar-refractivity contribution in [2.75, 3.05) is 5.32 Å². The van der Waals surface area contributed by atoms with Gasteiger partial charge < -0.3 is 10.3 Å². The Morgan fingerprint density at radius 2 is 1.52 bits per heavy atom. The number of carbonyl (C=O) groups excluding carboxylic acids is 1. The number of aromatic amines is 1. The molecule has 3 aromatic carbocycles. The summed E-state index contributed by atoms with van der Waals surface area (Å²) in [6.07, 6.45) is 3.08. The zero-order valence-electron chi connectivity index (χ0n) is 17.8. The Labute approximate surface area is 190 Å². The molecule has 2 N–H and O–H groups in total. The average Bonchev–Trinajstić information content (AvgIpc) is 3.52. The molecule has 5 heteroatoms. The first-order valence-corrected chi connectivity index (χ1v) is 11.1. The SMILES string of the molecule is O=C1Nc2ncccc2C12Cc1cc3nc(-c4ccc(-c5ccccc5)cc4)[nH]c3cc1C2. The molecule has 1 atom stereocenters. The molecule has 1 aliphatic carbocycles. The van der Waals surface area contributed by atoms with Gasteiger partial charge >= 0.3 is 0 Å². The minimum Gasteiger partial charge on any atom is -0.338 e. The van der Waals surface area contributed by atoms with Gasteiger partial charge in [0.25, 0.3) is 0 Å². The Kier molecular flexibility index (Phi) is 3.68. The van der Waals surface area contributed by atoms with E-state index in [2.05, 4.69) is 75.9 Å². The Hall–Kier alpha value is -4.25. The Morgan fingerprint density at radius 3 is 2.33 bits per heavy atom. The molecular formula is C28H20N4O. The molecule has 0 radical (unpaired) electrons. The van der Waals surface area contributed by atoms with Crippen molar-refractivity contribution in [3.8, 4) is 22.5 Å². The second-order valence-corrected chi connectivity index (χ2v) is 8.96. The van der Waals surface area contributed by atoms with Crippen LogP contribution in [0.25, 0.3) is 33.5 Å². The lowest BCUT2D eigenvalue weighted by molar-refractivity contribution is -0.120. The first-order chi connectivity index (χ1) is 16.2. The van der Waals surface area contributed by atoms with Crippen LogP contribution in [0.2, 0.25) is 0 Å². The molecule has 1 amide bonds. The van der Waals surface area contributed by atoms with Gasteiger partial charge in [0.05, 0.1) is 16.4 Å². The standard InChI is InChI=1S/C28H20N4O/c33-27-28(22-7-4-12-29-26(22)32-27)15-20-13-23-24(14-21(20)16-28)31-25(30-23)19-10-8-18(9-11-19)17-5-2-1-3-6-17/h1-14H,15-16H2,(H,30,31)(H,29,32,33). The first kappa shape index (κ1) is 18.3. The van der Waals surface area contributed by atoms with Crippen molar-refractivity contribution >= 4 is 22.8 Å². The van der Waals surface area contributed by atoms with Crippen LogP contribution in [0.5, 0.6) is 0 Å². The number of imidazole rings is 1. The van der Waals surface area contributed by atoms with Crippen LogP contribution in [0.15, 0.2) is 85.1 Å². The summed E-state index contributed by atoms with van der Waals surface area (Å²) in [7, 11) is 0. The lowest BCUT2D eigenvalue weighted by atomic mass is 9.79. The third-order valence-corrected chi connectivity index (χ3v) is 7.04. The molecule has 2 aliphatic rings. The van der Waals surface area contributed by atoms with Gasteiger partial charge in [0, 0.05) is 17.3 Å². The molecule has 5 aromatic rings. The molecule has 1 unspecified atom stereocenters. The highest BCUT2D eigenvalue weighted by atomic mass is 16.2. The molecule has 1 spiro atoms. The molecule has 158 valence electrons. The summed E-state index contributed by atoms with van der Waals surface area (Å²) < 4.78 is 0. The molecule has 0 saturated carbocycles. The second kappa shape index (κ2) is 6.62. The van der Waals surface area contributed by atoms with E-state index in [0.29, 0.717) is 18.7 Å². The molecule has 2 aromatic heterocycles. The van der Waals surface area contributed by atoms with Crippen LogP contribution in [0.4, 0.5) is 5.82 Å². The highest BCUT2D eigenvalue weighted by Gasteiger charge is 2.51. The number of fused-ring (bicyclic) bond motifs is 4. The highest BCUT2D eigenvalue weighted by molar-refractivity contribution is 6.06. The van der Waals surface area contributed by atoms with Crippen molar-refractivity contribution in [3.05, 3.63) is 102 Å². The normalized spacial score (nSPS) is 15.6. The molecule has 1 aliphatic heterocycles. The minimum atomic E-state index is -0.555. The maximum atomic E-state index is 12.9. The van der Waals surface area contributed by atoms with E-state index in [4.69, 9.17) is 4.98 Å². The largest absolute Gasteiger partial charge is 0.338 e. The van der Waals surface area contributed by atoms with Crippen LogP contribution in [0.1, 0.15) is 16.7 Å². The van der Waals surface area contributed by atoms with Gasteiger partial charge in [-0.3, -0.25) is 4.79 Å². The number of amides is 1. The van der Waals surface area contributed by atoms with Crippen molar-refractivity contribution in [1.29, 1.82) is 0 Å². The van der Waals surface area contributed by atoms with Crippen LogP contribution in [0, 0.1) is 0 Å². The predicted molar refractivity (Wildman–Crippen MR) is 129 cm³/mol. The summed E-state index contributed by atoms with van der Waals surface area (Å²) in [5.41, 5.74) is 8.20. The minimum absolute atomic E-state index is 0.0446. The summed E-state index contributed by atoms with van der Waals surface area (Å²) in [5.74, 6) is 1.60. The van der Waals surface area contributed by atoms with E-state index >= 15 is 0 Å². The molecule has 0 fully saturated rings. The number of benzene rings is 3. The molecular weight excluding hydrogens is 408 g/mol. The van der Waals surface area contributed by atoms with E-state index in [1.165, 1.54) is 22.3 Å². The number of pyridine rings is 1. The second-order valence-electron chi connectivity index (χ2n) is 8.96. The number of anilines is 1. The summed E-state index contributed by atoms with van der Waals surface area (Å²) in [6, 6.07) is 27.1. The van der Waals surface area contributed by atoms with Gasteiger partial charge in [0.2, 0.25) is 5.91 Å². The van der Waals surface area contributed by atoms with Crippen molar-refractivity contribution in [3.63, 3.8) is 0 Å². The summed E-state index contributed by atoms with van der Waals surface area (Å²) in [4.78, 5) is 25.7. The average molecular weight is 428 g/mol. The van der Waals surface area contributed by atoms with Gasteiger partial charge in [-0.1, -0.05) is 60.7 Å². The number of nitrogens with zero attached hydrogens (tertiary/aromatic N) is 2. The Balaban J connectivity index is 1.23. The summed E-state index contributed by atoms with van der Waals surface area (Å²) in [6.45, 7) is 0. The first-order valence-electron chi connectivity index (χ1n) is 11.1. The van der Waals surface area contributed by atoms with Crippen molar-refractivity contribution in [1.82, 2.24) is 15.0 Å². The molecule has 5 nitrogen and oxygen atoms in total.